The Balaban J connectivity index is 1.58. The maximum Gasteiger partial charge on any atom is 0.287 e. The van der Waals surface area contributed by atoms with E-state index in [9.17, 15) is 9.59 Å². The first-order valence-corrected chi connectivity index (χ1v) is 11.1. The fourth-order valence-electron chi connectivity index (χ4n) is 4.52. The van der Waals surface area contributed by atoms with E-state index in [4.69, 9.17) is 8.83 Å². The molecule has 0 saturated heterocycles. The number of ketones is 1. The molecule has 0 radical (unpaired) electrons. The second kappa shape index (κ2) is 7.80. The van der Waals surface area contributed by atoms with Gasteiger partial charge in [-0.2, -0.15) is 0 Å². The third-order valence-corrected chi connectivity index (χ3v) is 6.72. The quantitative estimate of drug-likeness (QED) is 0.501. The maximum atomic E-state index is 13.3. The van der Waals surface area contributed by atoms with Crippen molar-refractivity contribution in [2.24, 2.45) is 0 Å². The van der Waals surface area contributed by atoms with Gasteiger partial charge in [-0.25, -0.2) is 0 Å². The van der Waals surface area contributed by atoms with Crippen LogP contribution in [0.15, 0.2) is 45.2 Å². The molecule has 0 aliphatic heterocycles. The van der Waals surface area contributed by atoms with Crippen LogP contribution >= 0.6 is 0 Å². The predicted octanol–water partition coefficient (Wildman–Crippen LogP) is 6.00. The number of furan rings is 2. The third-order valence-electron chi connectivity index (χ3n) is 6.72. The lowest BCUT2D eigenvalue weighted by Crippen LogP contribution is -2.34. The highest BCUT2D eigenvalue weighted by atomic mass is 16.4. The van der Waals surface area contributed by atoms with Gasteiger partial charge in [-0.15, -0.1) is 0 Å². The van der Waals surface area contributed by atoms with Crippen LogP contribution in [0, 0.1) is 13.8 Å². The van der Waals surface area contributed by atoms with E-state index in [1.165, 1.54) is 17.2 Å². The third kappa shape index (κ3) is 4.04. The molecule has 1 amide bonds. The molecule has 4 rings (SSSR count). The molecule has 0 atom stereocenters. The van der Waals surface area contributed by atoms with Crippen LogP contribution in [-0.2, 0) is 17.4 Å². The van der Waals surface area contributed by atoms with Gasteiger partial charge in [0.25, 0.3) is 5.91 Å². The molecule has 0 saturated carbocycles. The van der Waals surface area contributed by atoms with Crippen LogP contribution < -0.4 is 5.32 Å². The Bertz CT molecular complexity index is 1190. The molecule has 0 bridgehead atoms. The van der Waals surface area contributed by atoms with Crippen molar-refractivity contribution in [3.8, 4) is 0 Å². The molecule has 5 heteroatoms. The second-order valence-electron chi connectivity index (χ2n) is 10.2. The predicted molar refractivity (Wildman–Crippen MR) is 123 cm³/mol. The van der Waals surface area contributed by atoms with E-state index in [2.05, 4.69) is 39.1 Å². The van der Waals surface area contributed by atoms with Crippen LogP contribution in [0.25, 0.3) is 0 Å². The molecule has 0 fully saturated rings. The molecule has 2 heterocycles. The summed E-state index contributed by atoms with van der Waals surface area (Å²) < 4.78 is 11.1. The zero-order chi connectivity index (χ0) is 23.3. The summed E-state index contributed by atoms with van der Waals surface area (Å²) in [5.74, 6) is 1.13. The van der Waals surface area contributed by atoms with Gasteiger partial charge in [0.2, 0.25) is 5.78 Å². The summed E-state index contributed by atoms with van der Waals surface area (Å²) >= 11 is 0. The van der Waals surface area contributed by atoms with Gasteiger partial charge in [0.1, 0.15) is 11.5 Å². The summed E-state index contributed by atoms with van der Waals surface area (Å²) in [5, 5.41) is 2.75. The molecule has 0 spiro atoms. The summed E-state index contributed by atoms with van der Waals surface area (Å²) in [4.78, 5) is 25.8. The molecule has 0 unspecified atom stereocenters. The highest BCUT2D eigenvalue weighted by Gasteiger charge is 2.38. The number of benzene rings is 1. The first-order valence-electron chi connectivity index (χ1n) is 11.1. The fourth-order valence-corrected chi connectivity index (χ4v) is 4.52. The topological polar surface area (TPSA) is 72.5 Å². The number of hydrogen-bond donors (Lipinski definition) is 1. The lowest BCUT2D eigenvalue weighted by Gasteiger charge is -2.42. The SMILES string of the molecule is Cc1ccc(CNC(=O)c2ccc(C(=O)c3cc4c(cc3C)C(C)(C)CCC4(C)C)o2)o1. The fraction of sp³-hybridized carbons (Fsp3) is 0.407. The summed E-state index contributed by atoms with van der Waals surface area (Å²) in [6, 6.07) is 11.0. The highest BCUT2D eigenvalue weighted by Crippen LogP contribution is 2.46. The Kier molecular flexibility index (Phi) is 5.40. The number of fused-ring (bicyclic) bond motifs is 1. The number of aryl methyl sites for hydroxylation is 2. The molecule has 32 heavy (non-hydrogen) atoms. The molecule has 1 aliphatic rings. The van der Waals surface area contributed by atoms with Crippen molar-refractivity contribution in [1.29, 1.82) is 0 Å². The Hall–Kier alpha value is -3.08. The zero-order valence-corrected chi connectivity index (χ0v) is 19.7. The van der Waals surface area contributed by atoms with Gasteiger partial charge in [0, 0.05) is 5.56 Å². The minimum absolute atomic E-state index is 0.00595. The Morgan fingerprint density at radius 2 is 1.50 bits per heavy atom. The number of rotatable bonds is 5. The number of nitrogens with one attached hydrogen (secondary N) is 1. The van der Waals surface area contributed by atoms with E-state index in [0.717, 1.165) is 24.2 Å². The molecule has 2 aromatic heterocycles. The normalized spacial score (nSPS) is 16.4. The van der Waals surface area contributed by atoms with Gasteiger partial charge in [-0.3, -0.25) is 9.59 Å². The van der Waals surface area contributed by atoms with Gasteiger partial charge in [-0.05, 0) is 84.5 Å². The molecular weight excluding hydrogens is 402 g/mol. The monoisotopic (exact) mass is 433 g/mol. The van der Waals surface area contributed by atoms with Crippen LogP contribution in [0.2, 0.25) is 0 Å². The van der Waals surface area contributed by atoms with Crippen molar-refractivity contribution in [3.63, 3.8) is 0 Å². The number of carbonyl (C=O) groups is 2. The summed E-state index contributed by atoms with van der Waals surface area (Å²) in [7, 11) is 0. The van der Waals surface area contributed by atoms with Gasteiger partial charge >= 0.3 is 0 Å². The lowest BCUT2D eigenvalue weighted by atomic mass is 9.62. The van der Waals surface area contributed by atoms with Crippen LogP contribution in [-0.4, -0.2) is 11.7 Å². The van der Waals surface area contributed by atoms with E-state index in [-0.39, 0.29) is 40.6 Å². The smallest absolute Gasteiger partial charge is 0.287 e. The maximum absolute atomic E-state index is 13.3. The van der Waals surface area contributed by atoms with Crippen molar-refractivity contribution < 1.29 is 18.4 Å². The van der Waals surface area contributed by atoms with Gasteiger partial charge < -0.3 is 14.2 Å². The molecular formula is C27H31NO4. The Morgan fingerprint density at radius 3 is 2.12 bits per heavy atom. The number of carbonyl (C=O) groups excluding carboxylic acids is 2. The second-order valence-corrected chi connectivity index (χ2v) is 10.2. The molecule has 1 aromatic carbocycles. The molecule has 168 valence electrons. The first kappa shape index (κ1) is 22.1. The summed E-state index contributed by atoms with van der Waals surface area (Å²) in [5.41, 5.74) is 4.18. The van der Waals surface area contributed by atoms with Crippen molar-refractivity contribution >= 4 is 11.7 Å². The van der Waals surface area contributed by atoms with E-state index >= 15 is 0 Å². The van der Waals surface area contributed by atoms with Crippen molar-refractivity contribution in [1.82, 2.24) is 5.32 Å². The minimum atomic E-state index is -0.386. The first-order chi connectivity index (χ1) is 15.0. The molecule has 5 nitrogen and oxygen atoms in total. The average Bonchev–Trinajstić information content (AvgIpc) is 3.38. The van der Waals surface area contributed by atoms with Gasteiger partial charge in [-0.1, -0.05) is 33.8 Å². The van der Waals surface area contributed by atoms with Crippen LogP contribution in [0.3, 0.4) is 0 Å². The van der Waals surface area contributed by atoms with Gasteiger partial charge in [0.15, 0.2) is 11.5 Å². The average molecular weight is 434 g/mol. The summed E-state index contributed by atoms with van der Waals surface area (Å²) in [6.07, 6.45) is 2.19. The lowest BCUT2D eigenvalue weighted by molar-refractivity contribution is 0.0914. The van der Waals surface area contributed by atoms with E-state index in [1.54, 1.807) is 6.07 Å². The minimum Gasteiger partial charge on any atom is -0.465 e. The van der Waals surface area contributed by atoms with Crippen LogP contribution in [0.5, 0.6) is 0 Å². The number of amides is 1. The summed E-state index contributed by atoms with van der Waals surface area (Å²) in [6.45, 7) is 13.1. The molecule has 3 aromatic rings. The van der Waals surface area contributed by atoms with E-state index < -0.39 is 0 Å². The van der Waals surface area contributed by atoms with Crippen molar-refractivity contribution in [2.45, 2.75) is 71.8 Å². The number of hydrogen-bond acceptors (Lipinski definition) is 4. The van der Waals surface area contributed by atoms with Gasteiger partial charge in [0.05, 0.1) is 6.54 Å². The standard InChI is InChI=1S/C27H31NO4/c1-16-13-20-21(27(5,6)12-11-26(20,3)4)14-19(16)24(29)22-9-10-23(32-22)25(30)28-15-18-8-7-17(2)31-18/h7-10,13-14H,11-12,15H2,1-6H3,(H,28,30). The largest absolute Gasteiger partial charge is 0.465 e. The molecule has 1 aliphatic carbocycles. The van der Waals surface area contributed by atoms with Crippen LogP contribution in [0.1, 0.15) is 95.4 Å². The molecule has 1 N–H and O–H groups in total. The van der Waals surface area contributed by atoms with E-state index in [1.807, 2.05) is 32.0 Å². The van der Waals surface area contributed by atoms with Crippen molar-refractivity contribution in [2.75, 3.05) is 0 Å². The highest BCUT2D eigenvalue weighted by molar-refractivity contribution is 6.09. The van der Waals surface area contributed by atoms with E-state index in [0.29, 0.717) is 11.3 Å². The Morgan fingerprint density at radius 1 is 0.875 bits per heavy atom. The van der Waals surface area contributed by atoms with Crippen molar-refractivity contribution in [3.05, 3.63) is 81.7 Å². The Labute approximate surface area is 189 Å². The zero-order valence-electron chi connectivity index (χ0n) is 19.7. The van der Waals surface area contributed by atoms with Crippen LogP contribution in [0.4, 0.5) is 0 Å².